The zero-order chi connectivity index (χ0) is 10.5. The molecule has 0 atom stereocenters. The standard InChI is InChI=1S/C9H19NO2S/c1-7(2)13-6-8(11)10-12-9(3,4)5/h7H,6H2,1-5H3,(H,10,11). The zero-order valence-electron chi connectivity index (χ0n) is 9.01. The van der Waals surface area contributed by atoms with Crippen molar-refractivity contribution in [2.24, 2.45) is 0 Å². The van der Waals surface area contributed by atoms with Crippen LogP contribution < -0.4 is 5.48 Å². The van der Waals surface area contributed by atoms with Crippen LogP contribution in [0.2, 0.25) is 0 Å². The van der Waals surface area contributed by atoms with E-state index in [9.17, 15) is 4.79 Å². The average molecular weight is 205 g/mol. The highest BCUT2D eigenvalue weighted by Crippen LogP contribution is 2.08. The van der Waals surface area contributed by atoms with Crippen molar-refractivity contribution in [3.63, 3.8) is 0 Å². The van der Waals surface area contributed by atoms with Crippen LogP contribution in [0.15, 0.2) is 0 Å². The molecule has 0 bridgehead atoms. The monoisotopic (exact) mass is 205 g/mol. The van der Waals surface area contributed by atoms with Crippen molar-refractivity contribution in [2.45, 2.75) is 45.5 Å². The molecule has 0 aromatic rings. The van der Waals surface area contributed by atoms with Gasteiger partial charge in [-0.3, -0.25) is 9.63 Å². The van der Waals surface area contributed by atoms with E-state index in [0.717, 1.165) is 0 Å². The maximum atomic E-state index is 11.1. The predicted octanol–water partition coefficient (Wildman–Crippen LogP) is 1.97. The molecule has 4 heteroatoms. The van der Waals surface area contributed by atoms with Gasteiger partial charge in [0.1, 0.15) is 0 Å². The van der Waals surface area contributed by atoms with Crippen LogP contribution in [0.3, 0.4) is 0 Å². The van der Waals surface area contributed by atoms with Crippen LogP contribution in [0.4, 0.5) is 0 Å². The molecule has 1 N–H and O–H groups in total. The Labute approximate surface area is 84.6 Å². The van der Waals surface area contributed by atoms with Crippen LogP contribution in [-0.4, -0.2) is 22.5 Å². The summed E-state index contributed by atoms with van der Waals surface area (Å²) in [5, 5.41) is 0.473. The number of nitrogens with one attached hydrogen (secondary N) is 1. The van der Waals surface area contributed by atoms with Crippen LogP contribution in [0.25, 0.3) is 0 Å². The fourth-order valence-electron chi connectivity index (χ4n) is 0.482. The molecule has 0 aliphatic carbocycles. The Morgan fingerprint density at radius 2 is 2.00 bits per heavy atom. The summed E-state index contributed by atoms with van der Waals surface area (Å²) in [6.07, 6.45) is 0. The molecule has 1 amide bonds. The van der Waals surface area contributed by atoms with Crippen molar-refractivity contribution >= 4 is 17.7 Å². The first kappa shape index (κ1) is 12.8. The lowest BCUT2D eigenvalue weighted by molar-refractivity contribution is -0.142. The number of thioether (sulfide) groups is 1. The molecule has 0 heterocycles. The first-order valence-electron chi connectivity index (χ1n) is 4.40. The molecule has 0 saturated carbocycles. The average Bonchev–Trinajstić information content (AvgIpc) is 1.95. The first-order valence-corrected chi connectivity index (χ1v) is 5.44. The maximum Gasteiger partial charge on any atom is 0.253 e. The normalized spacial score (nSPS) is 11.8. The highest BCUT2D eigenvalue weighted by Gasteiger charge is 2.12. The summed E-state index contributed by atoms with van der Waals surface area (Å²) in [6.45, 7) is 9.79. The molecule has 0 unspecified atom stereocenters. The van der Waals surface area contributed by atoms with Crippen molar-refractivity contribution in [3.8, 4) is 0 Å². The maximum absolute atomic E-state index is 11.1. The van der Waals surface area contributed by atoms with Gasteiger partial charge < -0.3 is 0 Å². The Morgan fingerprint density at radius 3 is 2.38 bits per heavy atom. The minimum atomic E-state index is -0.321. The second-order valence-corrected chi connectivity index (χ2v) is 5.66. The Bertz CT molecular complexity index is 163. The lowest BCUT2D eigenvalue weighted by atomic mass is 10.2. The van der Waals surface area contributed by atoms with Gasteiger partial charge in [-0.15, -0.1) is 11.8 Å². The van der Waals surface area contributed by atoms with Gasteiger partial charge in [-0.2, -0.15) is 0 Å². The third-order valence-electron chi connectivity index (χ3n) is 1.02. The Balaban J connectivity index is 3.53. The van der Waals surface area contributed by atoms with Crippen molar-refractivity contribution in [1.82, 2.24) is 5.48 Å². The first-order chi connectivity index (χ1) is 5.81. The smallest absolute Gasteiger partial charge is 0.253 e. The van der Waals surface area contributed by atoms with E-state index in [1.165, 1.54) is 0 Å². The van der Waals surface area contributed by atoms with Gasteiger partial charge in [0.15, 0.2) is 0 Å². The van der Waals surface area contributed by atoms with Gasteiger partial charge in [-0.1, -0.05) is 13.8 Å². The van der Waals surface area contributed by atoms with Gasteiger partial charge in [0.2, 0.25) is 0 Å². The number of hydroxylamine groups is 1. The van der Waals surface area contributed by atoms with E-state index in [1.807, 2.05) is 20.8 Å². The van der Waals surface area contributed by atoms with E-state index in [1.54, 1.807) is 11.8 Å². The summed E-state index contributed by atoms with van der Waals surface area (Å²) in [4.78, 5) is 16.2. The van der Waals surface area contributed by atoms with E-state index in [2.05, 4.69) is 19.3 Å². The topological polar surface area (TPSA) is 38.3 Å². The quantitative estimate of drug-likeness (QED) is 0.713. The summed E-state index contributed by atoms with van der Waals surface area (Å²) >= 11 is 1.60. The van der Waals surface area contributed by atoms with Crippen LogP contribution >= 0.6 is 11.8 Å². The number of hydrogen-bond acceptors (Lipinski definition) is 3. The van der Waals surface area contributed by atoms with E-state index in [0.29, 0.717) is 11.0 Å². The summed E-state index contributed by atoms with van der Waals surface area (Å²) in [7, 11) is 0. The highest BCUT2D eigenvalue weighted by atomic mass is 32.2. The Hall–Kier alpha value is -0.220. The lowest BCUT2D eigenvalue weighted by Gasteiger charge is -2.18. The molecule has 0 fully saturated rings. The third-order valence-corrected chi connectivity index (χ3v) is 2.11. The van der Waals surface area contributed by atoms with Gasteiger partial charge >= 0.3 is 0 Å². The van der Waals surface area contributed by atoms with Gasteiger partial charge in [0.05, 0.1) is 11.4 Å². The Morgan fingerprint density at radius 1 is 1.46 bits per heavy atom. The van der Waals surface area contributed by atoms with E-state index in [4.69, 9.17) is 4.84 Å². The molecule has 0 aromatic carbocycles. The number of rotatable bonds is 4. The van der Waals surface area contributed by atoms with Gasteiger partial charge in [0, 0.05) is 0 Å². The second-order valence-electron chi connectivity index (χ2n) is 4.10. The van der Waals surface area contributed by atoms with Crippen molar-refractivity contribution in [2.75, 3.05) is 5.75 Å². The highest BCUT2D eigenvalue weighted by molar-refractivity contribution is 8.00. The van der Waals surface area contributed by atoms with E-state index >= 15 is 0 Å². The molecule has 0 radical (unpaired) electrons. The van der Waals surface area contributed by atoms with Crippen molar-refractivity contribution in [3.05, 3.63) is 0 Å². The molecule has 0 aromatic heterocycles. The molecule has 3 nitrogen and oxygen atoms in total. The number of hydrogen-bond donors (Lipinski definition) is 1. The summed E-state index contributed by atoms with van der Waals surface area (Å²) < 4.78 is 0. The minimum absolute atomic E-state index is 0.0753. The second kappa shape index (κ2) is 5.50. The van der Waals surface area contributed by atoms with Crippen LogP contribution in [-0.2, 0) is 9.63 Å². The molecule has 0 rings (SSSR count). The van der Waals surface area contributed by atoms with Crippen LogP contribution in [0.1, 0.15) is 34.6 Å². The van der Waals surface area contributed by atoms with Gasteiger partial charge in [-0.05, 0) is 26.0 Å². The molecular formula is C9H19NO2S. The van der Waals surface area contributed by atoms with Crippen molar-refractivity contribution in [1.29, 1.82) is 0 Å². The summed E-state index contributed by atoms with van der Waals surface area (Å²) in [5.74, 6) is 0.377. The summed E-state index contributed by atoms with van der Waals surface area (Å²) in [6, 6.07) is 0. The molecule has 78 valence electrons. The molecule has 0 aliphatic heterocycles. The molecular weight excluding hydrogens is 186 g/mol. The molecule has 13 heavy (non-hydrogen) atoms. The molecule has 0 spiro atoms. The fourth-order valence-corrected chi connectivity index (χ4v) is 1.03. The van der Waals surface area contributed by atoms with Gasteiger partial charge in [0.25, 0.3) is 5.91 Å². The Kier molecular flexibility index (Phi) is 5.40. The van der Waals surface area contributed by atoms with E-state index < -0.39 is 0 Å². The SMILES string of the molecule is CC(C)SCC(=O)NOC(C)(C)C. The number of carbonyl (C=O) groups is 1. The molecule has 0 aliphatic rings. The van der Waals surface area contributed by atoms with Gasteiger partial charge in [-0.25, -0.2) is 5.48 Å². The van der Waals surface area contributed by atoms with E-state index in [-0.39, 0.29) is 11.5 Å². The number of amides is 1. The lowest BCUT2D eigenvalue weighted by Crippen LogP contribution is -2.34. The summed E-state index contributed by atoms with van der Waals surface area (Å²) in [5.41, 5.74) is 2.10. The molecule has 0 saturated heterocycles. The largest absolute Gasteiger partial charge is 0.272 e. The zero-order valence-corrected chi connectivity index (χ0v) is 9.83. The van der Waals surface area contributed by atoms with Crippen LogP contribution in [0, 0.1) is 0 Å². The fraction of sp³-hybridized carbons (Fsp3) is 0.889. The van der Waals surface area contributed by atoms with Crippen LogP contribution in [0.5, 0.6) is 0 Å². The third kappa shape index (κ3) is 9.70. The van der Waals surface area contributed by atoms with Crippen molar-refractivity contribution < 1.29 is 9.63 Å². The minimum Gasteiger partial charge on any atom is -0.272 e. The number of carbonyl (C=O) groups excluding carboxylic acids is 1. The predicted molar refractivity (Wildman–Crippen MR) is 56.6 cm³/mol.